The fraction of sp³-hybridized carbons (Fsp3) is 0.250. The zero-order valence-electron chi connectivity index (χ0n) is 11.3. The van der Waals surface area contributed by atoms with Crippen molar-refractivity contribution in [1.29, 1.82) is 0 Å². The van der Waals surface area contributed by atoms with Gasteiger partial charge in [0.1, 0.15) is 0 Å². The van der Waals surface area contributed by atoms with Gasteiger partial charge < -0.3 is 4.74 Å². The van der Waals surface area contributed by atoms with Crippen LogP contribution in [0.3, 0.4) is 0 Å². The first-order chi connectivity index (χ1) is 9.74. The van der Waals surface area contributed by atoms with E-state index in [2.05, 4.69) is 0 Å². The molecule has 0 saturated carbocycles. The normalized spacial score (nSPS) is 14.2. The summed E-state index contributed by atoms with van der Waals surface area (Å²) >= 11 is 0. The quantitative estimate of drug-likeness (QED) is 0.632. The molecule has 0 bridgehead atoms. The van der Waals surface area contributed by atoms with Crippen LogP contribution in [-0.2, 0) is 4.74 Å². The maximum absolute atomic E-state index is 12.5. The third kappa shape index (κ3) is 1.89. The van der Waals surface area contributed by atoms with Gasteiger partial charge in [0.05, 0.1) is 0 Å². The van der Waals surface area contributed by atoms with Crippen LogP contribution in [0.5, 0.6) is 0 Å². The molecule has 0 spiro atoms. The van der Waals surface area contributed by atoms with Gasteiger partial charge in [-0.15, -0.1) is 0 Å². The van der Waals surface area contributed by atoms with E-state index in [1.165, 1.54) is 4.90 Å². The third-order valence-electron chi connectivity index (χ3n) is 3.59. The highest BCUT2D eigenvalue weighted by atomic mass is 16.5. The molecule has 0 unspecified atom stereocenters. The number of hydrogen-bond acceptors (Lipinski definition) is 3. The molecule has 0 fully saturated rings. The van der Waals surface area contributed by atoms with Gasteiger partial charge in [0.2, 0.25) is 0 Å². The van der Waals surface area contributed by atoms with E-state index in [0.717, 1.165) is 10.8 Å². The molecule has 102 valence electrons. The van der Waals surface area contributed by atoms with Crippen molar-refractivity contribution in [2.45, 2.75) is 6.42 Å². The summed E-state index contributed by atoms with van der Waals surface area (Å²) in [7, 11) is 1.61. The minimum Gasteiger partial charge on any atom is -0.385 e. The molecule has 1 aliphatic rings. The van der Waals surface area contributed by atoms with Gasteiger partial charge in [0.25, 0.3) is 11.8 Å². The topological polar surface area (TPSA) is 46.6 Å². The fourth-order valence-electron chi connectivity index (χ4n) is 2.65. The van der Waals surface area contributed by atoms with Crippen molar-refractivity contribution in [3.05, 3.63) is 47.5 Å². The molecule has 2 aromatic carbocycles. The van der Waals surface area contributed by atoms with E-state index in [1.807, 2.05) is 24.3 Å². The van der Waals surface area contributed by atoms with Crippen LogP contribution in [0, 0.1) is 0 Å². The first-order valence-corrected chi connectivity index (χ1v) is 6.61. The highest BCUT2D eigenvalue weighted by Crippen LogP contribution is 2.29. The molecule has 4 heteroatoms. The molecular weight excluding hydrogens is 254 g/mol. The number of carbonyl (C=O) groups is 2. The number of amides is 2. The lowest BCUT2D eigenvalue weighted by molar-refractivity contribution is 0.0595. The summed E-state index contributed by atoms with van der Waals surface area (Å²) in [4.78, 5) is 26.3. The summed E-state index contributed by atoms with van der Waals surface area (Å²) in [6.07, 6.45) is 0.645. The standard InChI is InChI=1S/C16H15NO3/c1-20-10-4-9-17-15(18)12-7-2-5-11-6-3-8-13(14(11)12)16(17)19/h2-3,5-8H,4,9-10H2,1H3. The lowest BCUT2D eigenvalue weighted by atomic mass is 9.94. The number of rotatable bonds is 4. The van der Waals surface area contributed by atoms with E-state index in [0.29, 0.717) is 30.7 Å². The maximum atomic E-state index is 12.5. The van der Waals surface area contributed by atoms with Crippen molar-refractivity contribution in [2.24, 2.45) is 0 Å². The number of hydrogen-bond donors (Lipinski definition) is 0. The largest absolute Gasteiger partial charge is 0.385 e. The molecule has 1 aliphatic heterocycles. The van der Waals surface area contributed by atoms with Gasteiger partial charge in [0.15, 0.2) is 0 Å². The van der Waals surface area contributed by atoms with Crippen molar-refractivity contribution in [2.75, 3.05) is 20.3 Å². The lowest BCUT2D eigenvalue weighted by Gasteiger charge is -2.27. The fourth-order valence-corrected chi connectivity index (χ4v) is 2.65. The van der Waals surface area contributed by atoms with Crippen LogP contribution in [0.1, 0.15) is 27.1 Å². The minimum atomic E-state index is -0.213. The van der Waals surface area contributed by atoms with E-state index in [1.54, 1.807) is 19.2 Å². The molecule has 3 rings (SSSR count). The lowest BCUT2D eigenvalue weighted by Crippen LogP contribution is -2.41. The summed E-state index contributed by atoms with van der Waals surface area (Å²) in [6, 6.07) is 11.1. The number of ether oxygens (including phenoxy) is 1. The Morgan fingerprint density at radius 2 is 1.60 bits per heavy atom. The van der Waals surface area contributed by atoms with Gasteiger partial charge >= 0.3 is 0 Å². The van der Waals surface area contributed by atoms with E-state index >= 15 is 0 Å². The van der Waals surface area contributed by atoms with Crippen LogP contribution in [0.15, 0.2) is 36.4 Å². The Balaban J connectivity index is 2.07. The van der Waals surface area contributed by atoms with Gasteiger partial charge in [-0.1, -0.05) is 24.3 Å². The van der Waals surface area contributed by atoms with Gasteiger partial charge in [-0.25, -0.2) is 0 Å². The molecular formula is C16H15NO3. The zero-order chi connectivity index (χ0) is 14.1. The van der Waals surface area contributed by atoms with Crippen LogP contribution >= 0.6 is 0 Å². The number of methoxy groups -OCH3 is 1. The van der Waals surface area contributed by atoms with Crippen LogP contribution in [-0.4, -0.2) is 37.0 Å². The summed E-state index contributed by atoms with van der Waals surface area (Å²) in [5, 5.41) is 1.70. The van der Waals surface area contributed by atoms with Crippen LogP contribution in [0.2, 0.25) is 0 Å². The second kappa shape index (κ2) is 5.06. The molecule has 0 radical (unpaired) electrons. The molecule has 0 aromatic heterocycles. The van der Waals surface area contributed by atoms with E-state index < -0.39 is 0 Å². The van der Waals surface area contributed by atoms with Crippen molar-refractivity contribution in [3.8, 4) is 0 Å². The van der Waals surface area contributed by atoms with Gasteiger partial charge in [-0.2, -0.15) is 0 Å². The summed E-state index contributed by atoms with van der Waals surface area (Å²) in [6.45, 7) is 0.916. The number of nitrogens with zero attached hydrogens (tertiary/aromatic N) is 1. The third-order valence-corrected chi connectivity index (χ3v) is 3.59. The van der Waals surface area contributed by atoms with Crippen molar-refractivity contribution < 1.29 is 14.3 Å². The Morgan fingerprint density at radius 3 is 2.15 bits per heavy atom. The molecule has 0 aliphatic carbocycles. The summed E-state index contributed by atoms with van der Waals surface area (Å²) < 4.78 is 4.98. The monoisotopic (exact) mass is 269 g/mol. The number of benzene rings is 2. The predicted octanol–water partition coefficient (Wildman–Crippen LogP) is 2.47. The van der Waals surface area contributed by atoms with E-state index in [9.17, 15) is 9.59 Å². The minimum absolute atomic E-state index is 0.213. The van der Waals surface area contributed by atoms with Crippen LogP contribution < -0.4 is 0 Å². The second-order valence-corrected chi connectivity index (χ2v) is 4.82. The van der Waals surface area contributed by atoms with Crippen molar-refractivity contribution in [1.82, 2.24) is 4.90 Å². The molecule has 2 aromatic rings. The Kier molecular flexibility index (Phi) is 3.24. The predicted molar refractivity (Wildman–Crippen MR) is 75.8 cm³/mol. The molecule has 1 heterocycles. The van der Waals surface area contributed by atoms with Gasteiger partial charge in [0, 0.05) is 36.8 Å². The molecule has 0 N–H and O–H groups in total. The SMILES string of the molecule is COCCCN1C(=O)c2cccc3cccc(c23)C1=O. The average molecular weight is 269 g/mol. The summed E-state index contributed by atoms with van der Waals surface area (Å²) in [5.41, 5.74) is 1.21. The molecule has 2 amide bonds. The Labute approximate surface area is 116 Å². The van der Waals surface area contributed by atoms with Crippen LogP contribution in [0.25, 0.3) is 10.8 Å². The Morgan fingerprint density at radius 1 is 1.00 bits per heavy atom. The second-order valence-electron chi connectivity index (χ2n) is 4.82. The van der Waals surface area contributed by atoms with Gasteiger partial charge in [-0.3, -0.25) is 14.5 Å². The summed E-state index contributed by atoms with van der Waals surface area (Å²) in [5.74, 6) is -0.425. The van der Waals surface area contributed by atoms with Crippen LogP contribution in [0.4, 0.5) is 0 Å². The van der Waals surface area contributed by atoms with Gasteiger partial charge in [-0.05, 0) is 23.9 Å². The Hall–Kier alpha value is -2.20. The molecule has 0 atom stereocenters. The zero-order valence-corrected chi connectivity index (χ0v) is 11.3. The number of carbonyl (C=O) groups excluding carboxylic acids is 2. The highest BCUT2D eigenvalue weighted by molar-refractivity contribution is 6.25. The van der Waals surface area contributed by atoms with Crippen molar-refractivity contribution >= 4 is 22.6 Å². The first-order valence-electron chi connectivity index (χ1n) is 6.61. The van der Waals surface area contributed by atoms with E-state index in [-0.39, 0.29) is 11.8 Å². The smallest absolute Gasteiger partial charge is 0.261 e. The molecule has 20 heavy (non-hydrogen) atoms. The average Bonchev–Trinajstić information content (AvgIpc) is 2.48. The Bertz CT molecular complexity index is 642. The van der Waals surface area contributed by atoms with E-state index in [4.69, 9.17) is 4.74 Å². The molecule has 4 nitrogen and oxygen atoms in total. The maximum Gasteiger partial charge on any atom is 0.261 e. The highest BCUT2D eigenvalue weighted by Gasteiger charge is 2.31. The van der Waals surface area contributed by atoms with Crippen molar-refractivity contribution in [3.63, 3.8) is 0 Å². The molecule has 0 saturated heterocycles. The first kappa shape index (κ1) is 12.8. The number of imide groups is 1.